The van der Waals surface area contributed by atoms with Crippen LogP contribution in [-0.2, 0) is 6.54 Å². The first-order valence-corrected chi connectivity index (χ1v) is 7.20. The van der Waals surface area contributed by atoms with E-state index in [0.717, 1.165) is 31.9 Å². The number of benzene rings is 1. The molecule has 1 aromatic carbocycles. The minimum Gasteiger partial charge on any atom is -0.494 e. The molecule has 0 aliphatic heterocycles. The molecule has 18 heavy (non-hydrogen) atoms. The van der Waals surface area contributed by atoms with E-state index < -0.39 is 0 Å². The minimum atomic E-state index is 0.629. The molecule has 1 aromatic rings. The third kappa shape index (κ3) is 3.74. The third-order valence-corrected chi connectivity index (χ3v) is 3.93. The second kappa shape index (κ2) is 6.24. The maximum atomic E-state index is 5.58. The standard InChI is InChI=1S/C16H25NO/c1-3-11-18-15-7-5-14(6-8-15)12-17-13-16(4-2)9-10-16/h5-8,17H,3-4,9-13H2,1-2H3. The van der Waals surface area contributed by atoms with Gasteiger partial charge in [-0.05, 0) is 48.8 Å². The Morgan fingerprint density at radius 2 is 1.89 bits per heavy atom. The summed E-state index contributed by atoms with van der Waals surface area (Å²) in [5.74, 6) is 0.979. The Morgan fingerprint density at radius 3 is 2.44 bits per heavy atom. The summed E-state index contributed by atoms with van der Waals surface area (Å²) in [6.45, 7) is 7.36. The van der Waals surface area contributed by atoms with E-state index in [1.807, 2.05) is 0 Å². The lowest BCUT2D eigenvalue weighted by atomic mass is 10.0. The van der Waals surface area contributed by atoms with Crippen molar-refractivity contribution in [3.8, 4) is 5.75 Å². The van der Waals surface area contributed by atoms with Crippen LogP contribution in [0.3, 0.4) is 0 Å². The van der Waals surface area contributed by atoms with Gasteiger partial charge >= 0.3 is 0 Å². The molecule has 2 nitrogen and oxygen atoms in total. The molecule has 0 bridgehead atoms. The Kier molecular flexibility index (Phi) is 4.65. The van der Waals surface area contributed by atoms with Crippen LogP contribution >= 0.6 is 0 Å². The first-order chi connectivity index (χ1) is 8.78. The highest BCUT2D eigenvalue weighted by Gasteiger charge is 2.39. The molecule has 0 saturated heterocycles. The van der Waals surface area contributed by atoms with E-state index in [0.29, 0.717) is 5.41 Å². The summed E-state index contributed by atoms with van der Waals surface area (Å²) in [5.41, 5.74) is 1.97. The Morgan fingerprint density at radius 1 is 1.17 bits per heavy atom. The molecule has 0 atom stereocenters. The molecule has 0 unspecified atom stereocenters. The van der Waals surface area contributed by atoms with Crippen molar-refractivity contribution < 1.29 is 4.74 Å². The molecule has 0 amide bonds. The molecule has 0 radical (unpaired) electrons. The largest absolute Gasteiger partial charge is 0.494 e. The Bertz CT molecular complexity index is 354. The van der Waals surface area contributed by atoms with Crippen molar-refractivity contribution in [1.82, 2.24) is 5.32 Å². The molecule has 1 N–H and O–H groups in total. The van der Waals surface area contributed by atoms with Gasteiger partial charge in [-0.1, -0.05) is 26.0 Å². The average molecular weight is 247 g/mol. The van der Waals surface area contributed by atoms with Crippen molar-refractivity contribution in [1.29, 1.82) is 0 Å². The summed E-state index contributed by atoms with van der Waals surface area (Å²) >= 11 is 0. The van der Waals surface area contributed by atoms with E-state index >= 15 is 0 Å². The van der Waals surface area contributed by atoms with E-state index in [2.05, 4.69) is 43.4 Å². The number of ether oxygens (including phenoxy) is 1. The fourth-order valence-corrected chi connectivity index (χ4v) is 2.23. The van der Waals surface area contributed by atoms with Crippen molar-refractivity contribution in [2.75, 3.05) is 13.2 Å². The fraction of sp³-hybridized carbons (Fsp3) is 0.625. The van der Waals surface area contributed by atoms with Crippen molar-refractivity contribution in [2.24, 2.45) is 5.41 Å². The van der Waals surface area contributed by atoms with Crippen molar-refractivity contribution >= 4 is 0 Å². The summed E-state index contributed by atoms with van der Waals surface area (Å²) in [5, 5.41) is 3.58. The predicted molar refractivity (Wildman–Crippen MR) is 75.9 cm³/mol. The molecule has 1 aliphatic carbocycles. The van der Waals surface area contributed by atoms with Crippen LogP contribution in [0.15, 0.2) is 24.3 Å². The van der Waals surface area contributed by atoms with Gasteiger partial charge in [-0.3, -0.25) is 0 Å². The van der Waals surface area contributed by atoms with Gasteiger partial charge in [0.15, 0.2) is 0 Å². The van der Waals surface area contributed by atoms with Gasteiger partial charge < -0.3 is 10.1 Å². The zero-order chi connectivity index (χ0) is 12.8. The molecule has 0 aromatic heterocycles. The maximum Gasteiger partial charge on any atom is 0.119 e. The van der Waals surface area contributed by atoms with Crippen LogP contribution in [-0.4, -0.2) is 13.2 Å². The normalized spacial score (nSPS) is 16.6. The Hall–Kier alpha value is -1.02. The van der Waals surface area contributed by atoms with Crippen LogP contribution in [0, 0.1) is 5.41 Å². The molecule has 100 valence electrons. The van der Waals surface area contributed by atoms with Crippen molar-refractivity contribution in [3.05, 3.63) is 29.8 Å². The molecule has 0 heterocycles. The smallest absolute Gasteiger partial charge is 0.119 e. The average Bonchev–Trinajstić information content (AvgIpc) is 3.18. The predicted octanol–water partition coefficient (Wildman–Crippen LogP) is 3.76. The number of hydrogen-bond donors (Lipinski definition) is 1. The number of hydrogen-bond acceptors (Lipinski definition) is 2. The highest BCUT2D eigenvalue weighted by atomic mass is 16.5. The summed E-state index contributed by atoms with van der Waals surface area (Å²) in [4.78, 5) is 0. The Labute approximate surface area is 111 Å². The fourth-order valence-electron chi connectivity index (χ4n) is 2.23. The monoisotopic (exact) mass is 247 g/mol. The van der Waals surface area contributed by atoms with Gasteiger partial charge in [0.1, 0.15) is 5.75 Å². The van der Waals surface area contributed by atoms with Crippen LogP contribution < -0.4 is 10.1 Å². The highest BCUT2D eigenvalue weighted by Crippen LogP contribution is 2.47. The number of nitrogens with one attached hydrogen (secondary N) is 1. The lowest BCUT2D eigenvalue weighted by Gasteiger charge is -2.13. The first-order valence-electron chi connectivity index (χ1n) is 7.20. The van der Waals surface area contributed by atoms with E-state index in [1.165, 1.54) is 24.8 Å². The number of rotatable bonds is 8. The second-order valence-electron chi connectivity index (χ2n) is 5.45. The molecule has 1 aliphatic rings. The van der Waals surface area contributed by atoms with Crippen LogP contribution in [0.25, 0.3) is 0 Å². The van der Waals surface area contributed by atoms with Crippen molar-refractivity contribution in [2.45, 2.75) is 46.1 Å². The minimum absolute atomic E-state index is 0.629. The lowest BCUT2D eigenvalue weighted by molar-refractivity contribution is 0.317. The lowest BCUT2D eigenvalue weighted by Crippen LogP contribution is -2.23. The molecule has 2 heteroatoms. The van der Waals surface area contributed by atoms with Crippen LogP contribution in [0.2, 0.25) is 0 Å². The quantitative estimate of drug-likeness (QED) is 0.755. The second-order valence-corrected chi connectivity index (χ2v) is 5.45. The molecular formula is C16H25NO. The molecule has 1 saturated carbocycles. The van der Waals surface area contributed by atoms with E-state index in [-0.39, 0.29) is 0 Å². The SMILES string of the molecule is CCCOc1ccc(CNCC2(CC)CC2)cc1. The zero-order valence-corrected chi connectivity index (χ0v) is 11.7. The third-order valence-electron chi connectivity index (χ3n) is 3.93. The van der Waals surface area contributed by atoms with Crippen LogP contribution in [0.1, 0.15) is 45.1 Å². The van der Waals surface area contributed by atoms with Crippen LogP contribution in [0.4, 0.5) is 0 Å². The van der Waals surface area contributed by atoms with E-state index in [4.69, 9.17) is 4.74 Å². The Balaban J connectivity index is 1.72. The van der Waals surface area contributed by atoms with E-state index in [9.17, 15) is 0 Å². The van der Waals surface area contributed by atoms with Gasteiger partial charge in [0.25, 0.3) is 0 Å². The highest BCUT2D eigenvalue weighted by molar-refractivity contribution is 5.27. The van der Waals surface area contributed by atoms with Gasteiger partial charge in [-0.2, -0.15) is 0 Å². The van der Waals surface area contributed by atoms with Crippen molar-refractivity contribution in [3.63, 3.8) is 0 Å². The zero-order valence-electron chi connectivity index (χ0n) is 11.7. The molecule has 1 fully saturated rings. The molecular weight excluding hydrogens is 222 g/mol. The summed E-state index contributed by atoms with van der Waals surface area (Å²) in [7, 11) is 0. The van der Waals surface area contributed by atoms with Gasteiger partial charge in [0.2, 0.25) is 0 Å². The molecule has 0 spiro atoms. The van der Waals surface area contributed by atoms with E-state index in [1.54, 1.807) is 0 Å². The first kappa shape index (κ1) is 13.4. The van der Waals surface area contributed by atoms with Gasteiger partial charge in [-0.15, -0.1) is 0 Å². The summed E-state index contributed by atoms with van der Waals surface area (Å²) in [6, 6.07) is 8.45. The topological polar surface area (TPSA) is 21.3 Å². The van der Waals surface area contributed by atoms with Gasteiger partial charge in [0.05, 0.1) is 6.61 Å². The molecule has 2 rings (SSSR count). The van der Waals surface area contributed by atoms with Crippen LogP contribution in [0.5, 0.6) is 5.75 Å². The van der Waals surface area contributed by atoms with Gasteiger partial charge in [-0.25, -0.2) is 0 Å². The summed E-state index contributed by atoms with van der Waals surface area (Å²) < 4.78 is 5.58. The van der Waals surface area contributed by atoms with Gasteiger partial charge in [0, 0.05) is 13.1 Å². The maximum absolute atomic E-state index is 5.58. The summed E-state index contributed by atoms with van der Waals surface area (Å²) in [6.07, 6.45) is 5.17.